The molecule has 0 saturated carbocycles. The molecule has 3 rings (SSSR count). The zero-order valence-electron chi connectivity index (χ0n) is 16.7. The maximum Gasteiger partial charge on any atom is 0.315 e. The number of hydrogen-bond acceptors (Lipinski definition) is 4. The summed E-state index contributed by atoms with van der Waals surface area (Å²) in [5.41, 5.74) is 1.53. The normalized spacial score (nSPS) is 17.2. The average Bonchev–Trinajstić information content (AvgIpc) is 2.74. The first-order valence-corrected chi connectivity index (χ1v) is 10.3. The van der Waals surface area contributed by atoms with Crippen LogP contribution in [0.1, 0.15) is 25.3 Å². The van der Waals surface area contributed by atoms with Crippen molar-refractivity contribution >= 4 is 23.3 Å². The molecular formula is C23H29ClN2O2. The van der Waals surface area contributed by atoms with E-state index in [-0.39, 0.29) is 5.97 Å². The highest BCUT2D eigenvalue weighted by Crippen LogP contribution is 2.31. The van der Waals surface area contributed by atoms with Gasteiger partial charge in [0.25, 0.3) is 0 Å². The molecule has 2 aromatic rings. The summed E-state index contributed by atoms with van der Waals surface area (Å²) in [6, 6.07) is 18.0. The number of esters is 1. The second-order valence-corrected chi connectivity index (χ2v) is 7.98. The number of rotatable bonds is 7. The first-order valence-electron chi connectivity index (χ1n) is 9.90. The third kappa shape index (κ3) is 4.68. The minimum absolute atomic E-state index is 0.165. The zero-order chi connectivity index (χ0) is 20.0. The van der Waals surface area contributed by atoms with E-state index in [4.69, 9.17) is 16.3 Å². The number of para-hydroxylation sites is 1. The number of nitrogens with zero attached hydrogens (tertiary/aromatic N) is 2. The van der Waals surface area contributed by atoms with Gasteiger partial charge in [0.1, 0.15) is 0 Å². The van der Waals surface area contributed by atoms with Crippen LogP contribution in [0, 0.1) is 0 Å². The monoisotopic (exact) mass is 400 g/mol. The molecular weight excluding hydrogens is 372 g/mol. The Morgan fingerprint density at radius 3 is 2.32 bits per heavy atom. The fourth-order valence-corrected chi connectivity index (χ4v) is 4.23. The van der Waals surface area contributed by atoms with Crippen molar-refractivity contribution in [2.24, 2.45) is 0 Å². The van der Waals surface area contributed by atoms with Gasteiger partial charge in [-0.1, -0.05) is 54.1 Å². The van der Waals surface area contributed by atoms with Crippen LogP contribution >= 0.6 is 11.6 Å². The summed E-state index contributed by atoms with van der Waals surface area (Å²) in [5, 5.41) is 0.813. The molecule has 28 heavy (non-hydrogen) atoms. The molecule has 1 aliphatic heterocycles. The van der Waals surface area contributed by atoms with Crippen LogP contribution in [0.5, 0.6) is 0 Å². The van der Waals surface area contributed by atoms with Gasteiger partial charge in [-0.05, 0) is 44.0 Å². The van der Waals surface area contributed by atoms with Gasteiger partial charge in [0.15, 0.2) is 0 Å². The van der Waals surface area contributed by atoms with Crippen LogP contribution in [0.2, 0.25) is 5.02 Å². The number of carbonyl (C=O) groups is 1. The molecule has 0 aliphatic carbocycles. The fraction of sp³-hybridized carbons (Fsp3) is 0.435. The number of benzene rings is 2. The van der Waals surface area contributed by atoms with Gasteiger partial charge < -0.3 is 9.64 Å². The predicted molar refractivity (Wildman–Crippen MR) is 115 cm³/mol. The summed E-state index contributed by atoms with van der Waals surface area (Å²) in [4.78, 5) is 17.3. The van der Waals surface area contributed by atoms with Gasteiger partial charge in [0, 0.05) is 26.2 Å². The molecule has 150 valence electrons. The van der Waals surface area contributed by atoms with Crippen molar-refractivity contribution in [3.8, 4) is 0 Å². The van der Waals surface area contributed by atoms with Gasteiger partial charge in [0.05, 0.1) is 23.2 Å². The first kappa shape index (κ1) is 20.7. The molecule has 0 N–H and O–H groups in total. The average molecular weight is 401 g/mol. The minimum Gasteiger partial charge on any atom is -0.468 e. The number of methoxy groups -OCH3 is 1. The maximum absolute atomic E-state index is 12.5. The van der Waals surface area contributed by atoms with Crippen LogP contribution in [0.4, 0.5) is 5.69 Å². The summed E-state index contributed by atoms with van der Waals surface area (Å²) < 4.78 is 5.11. The van der Waals surface area contributed by atoms with Crippen LogP contribution in [-0.4, -0.2) is 50.7 Å². The highest BCUT2D eigenvalue weighted by atomic mass is 35.5. The largest absolute Gasteiger partial charge is 0.468 e. The second-order valence-electron chi connectivity index (χ2n) is 7.57. The van der Waals surface area contributed by atoms with E-state index in [1.807, 2.05) is 55.5 Å². The summed E-state index contributed by atoms with van der Waals surface area (Å²) in [7, 11) is 1.47. The molecule has 0 aromatic heterocycles. The molecule has 1 saturated heterocycles. The van der Waals surface area contributed by atoms with Crippen molar-refractivity contribution < 1.29 is 9.53 Å². The van der Waals surface area contributed by atoms with E-state index < -0.39 is 5.41 Å². The number of piperazine rings is 1. The molecule has 0 spiro atoms. The van der Waals surface area contributed by atoms with Gasteiger partial charge in [-0.2, -0.15) is 0 Å². The second kappa shape index (κ2) is 9.44. The molecule has 1 aliphatic rings. The van der Waals surface area contributed by atoms with E-state index in [0.717, 1.165) is 61.8 Å². The fourth-order valence-electron chi connectivity index (χ4n) is 3.97. The highest BCUT2D eigenvalue weighted by molar-refractivity contribution is 6.33. The van der Waals surface area contributed by atoms with Crippen molar-refractivity contribution in [3.05, 3.63) is 65.2 Å². The van der Waals surface area contributed by atoms with E-state index in [2.05, 4.69) is 15.9 Å². The van der Waals surface area contributed by atoms with Crippen LogP contribution in [0.15, 0.2) is 54.6 Å². The van der Waals surface area contributed by atoms with Crippen LogP contribution < -0.4 is 4.90 Å². The maximum atomic E-state index is 12.5. The zero-order valence-corrected chi connectivity index (χ0v) is 17.5. The number of hydrogen-bond donors (Lipinski definition) is 0. The predicted octanol–water partition coefficient (Wildman–Crippen LogP) is 4.37. The number of ether oxygens (including phenoxy) is 1. The topological polar surface area (TPSA) is 32.8 Å². The summed E-state index contributed by atoms with van der Waals surface area (Å²) in [6.45, 7) is 6.92. The molecule has 1 heterocycles. The van der Waals surface area contributed by atoms with E-state index in [1.165, 1.54) is 7.11 Å². The summed E-state index contributed by atoms with van der Waals surface area (Å²) in [5.74, 6) is -0.165. The lowest BCUT2D eigenvalue weighted by Gasteiger charge is -2.37. The Balaban J connectivity index is 1.53. The van der Waals surface area contributed by atoms with E-state index >= 15 is 0 Å². The van der Waals surface area contributed by atoms with Crippen LogP contribution in [-0.2, 0) is 14.9 Å². The van der Waals surface area contributed by atoms with Gasteiger partial charge in [0.2, 0.25) is 0 Å². The Labute approximate surface area is 173 Å². The molecule has 0 amide bonds. The van der Waals surface area contributed by atoms with Crippen LogP contribution in [0.25, 0.3) is 0 Å². The highest BCUT2D eigenvalue weighted by Gasteiger charge is 2.36. The Morgan fingerprint density at radius 2 is 1.68 bits per heavy atom. The lowest BCUT2D eigenvalue weighted by Crippen LogP contribution is -2.47. The molecule has 0 radical (unpaired) electrons. The lowest BCUT2D eigenvalue weighted by molar-refractivity contribution is -0.147. The molecule has 2 aromatic carbocycles. The summed E-state index contributed by atoms with van der Waals surface area (Å²) in [6.07, 6.45) is 1.72. The lowest BCUT2D eigenvalue weighted by atomic mass is 9.78. The molecule has 4 nitrogen and oxygen atoms in total. The van der Waals surface area contributed by atoms with E-state index in [0.29, 0.717) is 0 Å². The summed E-state index contributed by atoms with van der Waals surface area (Å²) >= 11 is 6.33. The molecule has 0 bridgehead atoms. The first-order chi connectivity index (χ1) is 13.5. The van der Waals surface area contributed by atoms with Crippen LogP contribution in [0.3, 0.4) is 0 Å². The Hall–Kier alpha value is -2.04. The van der Waals surface area contributed by atoms with Gasteiger partial charge >= 0.3 is 5.97 Å². The van der Waals surface area contributed by atoms with Crippen molar-refractivity contribution in [2.45, 2.75) is 25.2 Å². The third-order valence-electron chi connectivity index (χ3n) is 5.76. The third-order valence-corrected chi connectivity index (χ3v) is 6.08. The van der Waals surface area contributed by atoms with Crippen molar-refractivity contribution in [1.29, 1.82) is 0 Å². The van der Waals surface area contributed by atoms with Crippen molar-refractivity contribution in [3.63, 3.8) is 0 Å². The SMILES string of the molecule is COC(=O)C(C)(CCCN1CCN(c2ccccc2Cl)CC1)c1ccccc1. The van der Waals surface area contributed by atoms with Gasteiger partial charge in [-0.15, -0.1) is 0 Å². The van der Waals surface area contributed by atoms with Crippen molar-refractivity contribution in [2.75, 3.05) is 44.7 Å². The number of carbonyl (C=O) groups excluding carboxylic acids is 1. The number of halogens is 1. The molecule has 1 unspecified atom stereocenters. The quantitative estimate of drug-likeness (QED) is 0.646. The standard InChI is InChI=1S/C23H29ClN2O2/c1-23(22(27)28-2,19-9-4-3-5-10-19)13-8-14-25-15-17-26(18-16-25)21-12-7-6-11-20(21)24/h3-7,9-12H,8,13-18H2,1-2H3. The Morgan fingerprint density at radius 1 is 1.04 bits per heavy atom. The Kier molecular flexibility index (Phi) is 6.97. The van der Waals surface area contributed by atoms with Gasteiger partial charge in [-0.3, -0.25) is 9.69 Å². The van der Waals surface area contributed by atoms with E-state index in [1.54, 1.807) is 0 Å². The van der Waals surface area contributed by atoms with Crippen molar-refractivity contribution in [1.82, 2.24) is 4.90 Å². The van der Waals surface area contributed by atoms with Gasteiger partial charge in [-0.25, -0.2) is 0 Å². The van der Waals surface area contributed by atoms with E-state index in [9.17, 15) is 4.79 Å². The Bertz CT molecular complexity index is 775. The molecule has 1 fully saturated rings. The smallest absolute Gasteiger partial charge is 0.315 e. The molecule has 5 heteroatoms. The number of anilines is 1. The molecule has 1 atom stereocenters. The minimum atomic E-state index is -0.602.